The first-order valence-corrected chi connectivity index (χ1v) is 10.6. The summed E-state index contributed by atoms with van der Waals surface area (Å²) in [5.41, 5.74) is 3.80. The Kier molecular flexibility index (Phi) is 4.38. The summed E-state index contributed by atoms with van der Waals surface area (Å²) in [4.78, 5) is 32.5. The van der Waals surface area contributed by atoms with Crippen LogP contribution in [0.2, 0.25) is 0 Å². The fraction of sp³-hybridized carbons (Fsp3) is 0.375. The van der Waals surface area contributed by atoms with Crippen LogP contribution in [0, 0.1) is 12.8 Å². The number of fused-ring (bicyclic) bond motifs is 1. The van der Waals surface area contributed by atoms with Crippen LogP contribution < -0.4 is 5.32 Å². The molecule has 1 aliphatic carbocycles. The van der Waals surface area contributed by atoms with Gasteiger partial charge in [-0.25, -0.2) is 9.78 Å². The lowest BCUT2D eigenvalue weighted by atomic mass is 9.77. The number of amides is 3. The van der Waals surface area contributed by atoms with Crippen LogP contribution in [0.15, 0.2) is 48.7 Å². The van der Waals surface area contributed by atoms with E-state index in [0.717, 1.165) is 41.0 Å². The molecule has 6 heteroatoms. The fourth-order valence-electron chi connectivity index (χ4n) is 4.74. The summed E-state index contributed by atoms with van der Waals surface area (Å²) in [5.74, 6) is 0.502. The van der Waals surface area contributed by atoms with Crippen LogP contribution in [0.5, 0.6) is 0 Å². The number of pyridine rings is 1. The van der Waals surface area contributed by atoms with E-state index in [1.807, 2.05) is 60.0 Å². The quantitative estimate of drug-likeness (QED) is 0.664. The molecular formula is C24H26N4O2. The highest BCUT2D eigenvalue weighted by Crippen LogP contribution is 2.37. The molecule has 3 aromatic rings. The van der Waals surface area contributed by atoms with Crippen LogP contribution in [0.4, 0.5) is 4.79 Å². The van der Waals surface area contributed by atoms with E-state index in [-0.39, 0.29) is 18.5 Å². The first kappa shape index (κ1) is 18.9. The van der Waals surface area contributed by atoms with Crippen LogP contribution in [0.25, 0.3) is 16.9 Å². The summed E-state index contributed by atoms with van der Waals surface area (Å²) in [6.45, 7) is 4.44. The molecule has 1 saturated heterocycles. The van der Waals surface area contributed by atoms with Gasteiger partial charge in [0.1, 0.15) is 11.2 Å². The van der Waals surface area contributed by atoms with Gasteiger partial charge in [0, 0.05) is 11.8 Å². The van der Waals surface area contributed by atoms with Crippen molar-refractivity contribution in [3.05, 3.63) is 59.9 Å². The lowest BCUT2D eigenvalue weighted by Crippen LogP contribution is -2.49. The van der Waals surface area contributed by atoms with Crippen molar-refractivity contribution < 1.29 is 9.59 Å². The lowest BCUT2D eigenvalue weighted by molar-refractivity contribution is -0.133. The molecule has 6 nitrogen and oxygen atoms in total. The highest BCUT2D eigenvalue weighted by molar-refractivity contribution is 6.07. The molecule has 1 saturated carbocycles. The van der Waals surface area contributed by atoms with Crippen molar-refractivity contribution >= 4 is 17.6 Å². The van der Waals surface area contributed by atoms with E-state index in [4.69, 9.17) is 4.98 Å². The maximum absolute atomic E-state index is 13.4. The largest absolute Gasteiger partial charge is 0.325 e. The smallest absolute Gasteiger partial charge is 0.323 e. The Morgan fingerprint density at radius 2 is 1.83 bits per heavy atom. The number of nitrogens with zero attached hydrogens (tertiary/aromatic N) is 3. The number of rotatable bonds is 3. The molecule has 154 valence electrons. The first-order valence-electron chi connectivity index (χ1n) is 10.6. The standard InChI is InChI=1S/C24H26N4O2/c1-16-10-12-24(13-11-16)22(29)28(23(30)26-24)15-19-21(18-6-4-3-5-7-18)25-20-9-8-17(2)14-27(19)20/h3-9,14,16H,10-13,15H2,1-2H3,(H,26,30). The highest BCUT2D eigenvalue weighted by atomic mass is 16.2. The number of urea groups is 1. The molecule has 2 fully saturated rings. The molecule has 5 rings (SSSR count). The number of hydrogen-bond donors (Lipinski definition) is 1. The molecule has 2 aromatic heterocycles. The van der Waals surface area contributed by atoms with Gasteiger partial charge in [-0.3, -0.25) is 9.69 Å². The van der Waals surface area contributed by atoms with Gasteiger partial charge >= 0.3 is 6.03 Å². The van der Waals surface area contributed by atoms with Crippen molar-refractivity contribution in [2.45, 2.75) is 51.6 Å². The third-order valence-electron chi connectivity index (χ3n) is 6.59. The Morgan fingerprint density at radius 1 is 1.10 bits per heavy atom. The Bertz CT molecular complexity index is 1130. The molecule has 1 spiro atoms. The summed E-state index contributed by atoms with van der Waals surface area (Å²) in [7, 11) is 0. The average Bonchev–Trinajstić information content (AvgIpc) is 3.21. The Labute approximate surface area is 175 Å². The predicted octanol–water partition coefficient (Wildman–Crippen LogP) is 4.31. The normalized spacial score (nSPS) is 24.1. The number of aromatic nitrogens is 2. The van der Waals surface area contributed by atoms with E-state index in [1.54, 1.807) is 0 Å². The summed E-state index contributed by atoms with van der Waals surface area (Å²) >= 11 is 0. The molecular weight excluding hydrogens is 376 g/mol. The van der Waals surface area contributed by atoms with Gasteiger partial charge in [0.25, 0.3) is 5.91 Å². The van der Waals surface area contributed by atoms with Gasteiger partial charge in [-0.1, -0.05) is 43.3 Å². The summed E-state index contributed by atoms with van der Waals surface area (Å²) in [6.07, 6.45) is 5.37. The van der Waals surface area contributed by atoms with Crippen LogP contribution in [0.3, 0.4) is 0 Å². The Hall–Kier alpha value is -3.15. The Morgan fingerprint density at radius 3 is 2.57 bits per heavy atom. The maximum atomic E-state index is 13.4. The second-order valence-electron chi connectivity index (χ2n) is 8.79. The topological polar surface area (TPSA) is 66.7 Å². The van der Waals surface area contributed by atoms with E-state index in [0.29, 0.717) is 18.8 Å². The third kappa shape index (κ3) is 2.98. The minimum Gasteiger partial charge on any atom is -0.323 e. The number of imidazole rings is 1. The van der Waals surface area contributed by atoms with Gasteiger partial charge in [-0.2, -0.15) is 0 Å². The lowest BCUT2D eigenvalue weighted by Gasteiger charge is -2.33. The van der Waals surface area contributed by atoms with Crippen molar-refractivity contribution in [1.82, 2.24) is 19.6 Å². The van der Waals surface area contributed by atoms with Crippen molar-refractivity contribution in [3.63, 3.8) is 0 Å². The fourth-order valence-corrected chi connectivity index (χ4v) is 4.74. The summed E-state index contributed by atoms with van der Waals surface area (Å²) < 4.78 is 2.01. The van der Waals surface area contributed by atoms with E-state index in [2.05, 4.69) is 12.2 Å². The zero-order valence-corrected chi connectivity index (χ0v) is 17.4. The molecule has 1 aliphatic heterocycles. The second kappa shape index (κ2) is 6.97. The number of imide groups is 1. The Balaban J connectivity index is 1.56. The molecule has 3 amide bonds. The highest BCUT2D eigenvalue weighted by Gasteiger charge is 2.52. The van der Waals surface area contributed by atoms with Crippen molar-refractivity contribution in [2.24, 2.45) is 5.92 Å². The second-order valence-corrected chi connectivity index (χ2v) is 8.79. The monoisotopic (exact) mass is 402 g/mol. The van der Waals surface area contributed by atoms with Gasteiger partial charge in [0.15, 0.2) is 0 Å². The summed E-state index contributed by atoms with van der Waals surface area (Å²) in [5, 5.41) is 3.03. The molecule has 0 bridgehead atoms. The molecule has 30 heavy (non-hydrogen) atoms. The molecule has 0 atom stereocenters. The zero-order chi connectivity index (χ0) is 20.9. The van der Waals surface area contributed by atoms with Gasteiger partial charge in [0.05, 0.1) is 17.9 Å². The van der Waals surface area contributed by atoms with E-state index in [9.17, 15) is 9.59 Å². The third-order valence-corrected chi connectivity index (χ3v) is 6.59. The van der Waals surface area contributed by atoms with Crippen molar-refractivity contribution in [3.8, 4) is 11.3 Å². The maximum Gasteiger partial charge on any atom is 0.325 e. The predicted molar refractivity (Wildman–Crippen MR) is 115 cm³/mol. The van der Waals surface area contributed by atoms with E-state index >= 15 is 0 Å². The number of aryl methyl sites for hydroxylation is 1. The van der Waals surface area contributed by atoms with Gasteiger partial charge < -0.3 is 9.72 Å². The van der Waals surface area contributed by atoms with Gasteiger partial charge in [-0.15, -0.1) is 0 Å². The minimum atomic E-state index is -0.729. The molecule has 0 unspecified atom stereocenters. The number of carbonyl (C=O) groups excluding carboxylic acids is 2. The van der Waals surface area contributed by atoms with Crippen LogP contribution in [-0.4, -0.2) is 31.8 Å². The van der Waals surface area contributed by atoms with E-state index in [1.165, 1.54) is 4.90 Å². The number of hydrogen-bond acceptors (Lipinski definition) is 3. The van der Waals surface area contributed by atoms with Crippen molar-refractivity contribution in [1.29, 1.82) is 0 Å². The molecule has 2 aliphatic rings. The molecule has 1 N–H and O–H groups in total. The zero-order valence-electron chi connectivity index (χ0n) is 17.4. The van der Waals surface area contributed by atoms with E-state index < -0.39 is 5.54 Å². The minimum absolute atomic E-state index is 0.0963. The number of benzene rings is 1. The van der Waals surface area contributed by atoms with Crippen LogP contribution >= 0.6 is 0 Å². The summed E-state index contributed by atoms with van der Waals surface area (Å²) in [6, 6.07) is 13.6. The van der Waals surface area contributed by atoms with Gasteiger partial charge in [0.2, 0.25) is 0 Å². The average molecular weight is 402 g/mol. The molecule has 3 heterocycles. The van der Waals surface area contributed by atoms with Gasteiger partial charge in [-0.05, 0) is 50.2 Å². The number of nitrogens with one attached hydrogen (secondary N) is 1. The number of carbonyl (C=O) groups is 2. The molecule has 0 radical (unpaired) electrons. The molecule has 1 aromatic carbocycles. The van der Waals surface area contributed by atoms with Crippen molar-refractivity contribution in [2.75, 3.05) is 0 Å². The van der Waals surface area contributed by atoms with Crippen LogP contribution in [0.1, 0.15) is 43.9 Å². The first-order chi connectivity index (χ1) is 14.5. The van der Waals surface area contributed by atoms with Crippen LogP contribution in [-0.2, 0) is 11.3 Å². The SMILES string of the molecule is Cc1ccc2nc(-c3ccccc3)c(CN3C(=O)NC4(CCC(C)CC4)C3=O)n2c1.